The van der Waals surface area contributed by atoms with Crippen LogP contribution in [0.5, 0.6) is 0 Å². The molecular formula is C62H117NO5. The Morgan fingerprint density at radius 1 is 0.412 bits per heavy atom. The van der Waals surface area contributed by atoms with E-state index >= 15 is 0 Å². The van der Waals surface area contributed by atoms with Gasteiger partial charge in [-0.3, -0.25) is 9.59 Å². The fraction of sp³-hybridized carbons (Fsp3) is 0.871. The highest BCUT2D eigenvalue weighted by atomic mass is 16.5. The molecular weight excluding hydrogens is 839 g/mol. The molecule has 68 heavy (non-hydrogen) atoms. The molecule has 0 aromatic rings. The lowest BCUT2D eigenvalue weighted by atomic mass is 10.0. The van der Waals surface area contributed by atoms with Gasteiger partial charge >= 0.3 is 5.97 Å². The fourth-order valence-corrected chi connectivity index (χ4v) is 9.25. The van der Waals surface area contributed by atoms with Gasteiger partial charge in [0.1, 0.15) is 0 Å². The third kappa shape index (κ3) is 53.4. The predicted octanol–water partition coefficient (Wildman–Crippen LogP) is 18.8. The topological polar surface area (TPSA) is 95.9 Å². The first-order valence-electron chi connectivity index (χ1n) is 30.2. The lowest BCUT2D eigenvalue weighted by Crippen LogP contribution is -2.45. The lowest BCUT2D eigenvalue weighted by molar-refractivity contribution is -0.143. The Bertz CT molecular complexity index is 1100. The number of aliphatic hydroxyl groups is 2. The van der Waals surface area contributed by atoms with Crippen LogP contribution in [0.1, 0.15) is 322 Å². The summed E-state index contributed by atoms with van der Waals surface area (Å²) in [5.74, 6) is -0.0431. The second kappa shape index (κ2) is 57.7. The Kier molecular flexibility index (Phi) is 56.0. The Hall–Kier alpha value is -1.92. The third-order valence-corrected chi connectivity index (χ3v) is 13.9. The van der Waals surface area contributed by atoms with Gasteiger partial charge in [-0.2, -0.15) is 0 Å². The molecule has 0 spiro atoms. The van der Waals surface area contributed by atoms with Crippen LogP contribution in [-0.2, 0) is 14.3 Å². The van der Waals surface area contributed by atoms with Crippen molar-refractivity contribution in [2.45, 2.75) is 334 Å². The molecule has 1 amide bonds. The highest BCUT2D eigenvalue weighted by Gasteiger charge is 2.20. The summed E-state index contributed by atoms with van der Waals surface area (Å²) in [6.07, 6.45) is 71.5. The van der Waals surface area contributed by atoms with Gasteiger partial charge in [0.25, 0.3) is 0 Å². The zero-order chi connectivity index (χ0) is 49.3. The molecule has 400 valence electrons. The highest BCUT2D eigenvalue weighted by Crippen LogP contribution is 2.16. The van der Waals surface area contributed by atoms with Crippen LogP contribution in [0.2, 0.25) is 0 Å². The van der Waals surface area contributed by atoms with E-state index in [1.165, 1.54) is 231 Å². The van der Waals surface area contributed by atoms with E-state index in [4.69, 9.17) is 4.74 Å². The van der Waals surface area contributed by atoms with Gasteiger partial charge in [0.15, 0.2) is 0 Å². The molecule has 0 radical (unpaired) electrons. The monoisotopic (exact) mass is 956 g/mol. The van der Waals surface area contributed by atoms with Gasteiger partial charge in [0.05, 0.1) is 25.4 Å². The van der Waals surface area contributed by atoms with Crippen LogP contribution in [0.15, 0.2) is 36.5 Å². The first-order valence-corrected chi connectivity index (χ1v) is 30.2. The fourth-order valence-electron chi connectivity index (χ4n) is 9.25. The number of rotatable bonds is 56. The number of aliphatic hydroxyl groups excluding tert-OH is 2. The average Bonchev–Trinajstić information content (AvgIpc) is 3.34. The molecule has 0 heterocycles. The zero-order valence-electron chi connectivity index (χ0n) is 45.6. The first kappa shape index (κ1) is 66.1. The van der Waals surface area contributed by atoms with Gasteiger partial charge in [0.2, 0.25) is 5.91 Å². The van der Waals surface area contributed by atoms with Crippen LogP contribution in [0.4, 0.5) is 0 Å². The van der Waals surface area contributed by atoms with Gasteiger partial charge in [0, 0.05) is 12.8 Å². The number of hydrogen-bond acceptors (Lipinski definition) is 5. The van der Waals surface area contributed by atoms with E-state index in [0.29, 0.717) is 25.9 Å². The van der Waals surface area contributed by atoms with Crippen molar-refractivity contribution >= 4 is 11.9 Å². The van der Waals surface area contributed by atoms with Crippen molar-refractivity contribution in [3.05, 3.63) is 36.5 Å². The number of amides is 1. The summed E-state index contributed by atoms with van der Waals surface area (Å²) < 4.78 is 5.49. The summed E-state index contributed by atoms with van der Waals surface area (Å²) in [6.45, 7) is 4.93. The number of esters is 1. The van der Waals surface area contributed by atoms with Crippen molar-refractivity contribution < 1.29 is 24.5 Å². The molecule has 3 N–H and O–H groups in total. The molecule has 0 bridgehead atoms. The van der Waals surface area contributed by atoms with E-state index < -0.39 is 12.1 Å². The molecule has 2 atom stereocenters. The summed E-state index contributed by atoms with van der Waals surface area (Å²) in [6, 6.07) is -0.548. The molecule has 0 aromatic heterocycles. The number of ether oxygens (including phenoxy) is 1. The SMILES string of the molecule is CCCCCCCCC/C=C\CCCCCCCCCC(=O)OCCCCCCCCCCC/C=C\C/C=C\CCCCCCCCCC(=O)NC(CO)C(O)CCCCCCCCCCCC. The molecule has 0 aliphatic heterocycles. The number of carbonyl (C=O) groups excluding carboxylic acids is 2. The van der Waals surface area contributed by atoms with Crippen LogP contribution in [0, 0.1) is 0 Å². The lowest BCUT2D eigenvalue weighted by Gasteiger charge is -2.22. The smallest absolute Gasteiger partial charge is 0.305 e. The van der Waals surface area contributed by atoms with E-state index in [2.05, 4.69) is 55.6 Å². The molecule has 0 fully saturated rings. The minimum Gasteiger partial charge on any atom is -0.466 e. The Morgan fingerprint density at radius 2 is 0.735 bits per heavy atom. The van der Waals surface area contributed by atoms with Crippen molar-refractivity contribution in [3.8, 4) is 0 Å². The van der Waals surface area contributed by atoms with E-state index in [1.807, 2.05) is 0 Å². The van der Waals surface area contributed by atoms with Crippen LogP contribution >= 0.6 is 0 Å². The van der Waals surface area contributed by atoms with E-state index in [0.717, 1.165) is 57.8 Å². The largest absolute Gasteiger partial charge is 0.466 e. The molecule has 6 nitrogen and oxygen atoms in total. The summed E-state index contributed by atoms with van der Waals surface area (Å²) in [5.41, 5.74) is 0. The molecule has 0 aromatic carbocycles. The molecule has 0 rings (SSSR count). The zero-order valence-corrected chi connectivity index (χ0v) is 45.6. The summed E-state index contributed by atoms with van der Waals surface area (Å²) in [4.78, 5) is 24.5. The van der Waals surface area contributed by atoms with Crippen LogP contribution in [-0.4, -0.2) is 47.4 Å². The van der Waals surface area contributed by atoms with Crippen LogP contribution in [0.25, 0.3) is 0 Å². The number of hydrogen-bond donors (Lipinski definition) is 3. The van der Waals surface area contributed by atoms with E-state index in [9.17, 15) is 19.8 Å². The summed E-state index contributed by atoms with van der Waals surface area (Å²) in [5, 5.41) is 23.1. The average molecular weight is 957 g/mol. The van der Waals surface area contributed by atoms with Crippen molar-refractivity contribution in [1.29, 1.82) is 0 Å². The number of unbranched alkanes of at least 4 members (excludes halogenated alkanes) is 39. The van der Waals surface area contributed by atoms with E-state index in [1.54, 1.807) is 0 Å². The second-order valence-electron chi connectivity index (χ2n) is 20.7. The minimum atomic E-state index is -0.669. The van der Waals surface area contributed by atoms with Gasteiger partial charge in [-0.15, -0.1) is 0 Å². The van der Waals surface area contributed by atoms with Gasteiger partial charge in [-0.25, -0.2) is 0 Å². The van der Waals surface area contributed by atoms with Crippen LogP contribution in [0.3, 0.4) is 0 Å². The predicted molar refractivity (Wildman–Crippen MR) is 296 cm³/mol. The minimum absolute atomic E-state index is 0.00400. The third-order valence-electron chi connectivity index (χ3n) is 13.9. The Labute approximate surface area is 424 Å². The van der Waals surface area contributed by atoms with Gasteiger partial charge in [-0.1, -0.05) is 262 Å². The first-order chi connectivity index (χ1) is 33.5. The maximum absolute atomic E-state index is 12.4. The molecule has 0 aliphatic carbocycles. The summed E-state index contributed by atoms with van der Waals surface area (Å²) in [7, 11) is 0. The van der Waals surface area contributed by atoms with Crippen molar-refractivity contribution in [2.75, 3.05) is 13.2 Å². The van der Waals surface area contributed by atoms with Gasteiger partial charge in [-0.05, 0) is 83.5 Å². The maximum Gasteiger partial charge on any atom is 0.305 e. The van der Waals surface area contributed by atoms with Crippen molar-refractivity contribution in [1.82, 2.24) is 5.32 Å². The van der Waals surface area contributed by atoms with Crippen LogP contribution < -0.4 is 5.32 Å². The molecule has 0 aliphatic rings. The number of nitrogens with one attached hydrogen (secondary N) is 1. The second-order valence-corrected chi connectivity index (χ2v) is 20.7. The standard InChI is InChI=1S/C62H117NO5/c1-3-5-7-9-11-13-15-16-17-18-27-30-33-36-40-44-48-52-56-62(67)68-57-53-49-45-41-37-34-31-28-25-23-21-19-20-22-24-26-29-32-35-39-43-47-51-55-61(66)63-59(58-64)60(65)54-50-46-42-38-14-12-10-8-6-4-2/h17-19,21-22,24,59-60,64-65H,3-16,20,23,25-58H2,1-2H3,(H,63,66)/b18-17-,21-19-,24-22-. The van der Waals surface area contributed by atoms with Crippen molar-refractivity contribution in [3.63, 3.8) is 0 Å². The quantitative estimate of drug-likeness (QED) is 0.0321. The molecule has 6 heteroatoms. The molecule has 2 unspecified atom stereocenters. The van der Waals surface area contributed by atoms with Gasteiger partial charge < -0.3 is 20.3 Å². The maximum atomic E-state index is 12.4. The van der Waals surface area contributed by atoms with E-state index in [-0.39, 0.29) is 18.5 Å². The Balaban J connectivity index is 3.42. The molecule has 0 saturated carbocycles. The number of carbonyl (C=O) groups is 2. The Morgan fingerprint density at radius 3 is 1.13 bits per heavy atom. The molecule has 0 saturated heterocycles. The highest BCUT2D eigenvalue weighted by molar-refractivity contribution is 5.76. The summed E-state index contributed by atoms with van der Waals surface area (Å²) >= 11 is 0. The van der Waals surface area contributed by atoms with Crippen molar-refractivity contribution in [2.24, 2.45) is 0 Å². The normalized spacial score (nSPS) is 12.8. The number of allylic oxidation sites excluding steroid dienone is 6.